The zero-order valence-electron chi connectivity index (χ0n) is 14.6. The number of aromatic nitrogens is 1. The lowest BCUT2D eigenvalue weighted by atomic mass is 10.0. The molecule has 0 bridgehead atoms. The van der Waals surface area contributed by atoms with Gasteiger partial charge in [-0.05, 0) is 25.0 Å². The lowest BCUT2D eigenvalue weighted by Crippen LogP contribution is -2.31. The Hall–Kier alpha value is -3.13. The maximum atomic E-state index is 12.7. The van der Waals surface area contributed by atoms with Crippen LogP contribution in [-0.2, 0) is 18.3 Å². The van der Waals surface area contributed by atoms with E-state index in [-0.39, 0.29) is 24.3 Å². The van der Waals surface area contributed by atoms with Crippen molar-refractivity contribution in [1.29, 1.82) is 0 Å². The first-order valence-electron chi connectivity index (χ1n) is 7.87. The van der Waals surface area contributed by atoms with Crippen molar-refractivity contribution in [2.45, 2.75) is 20.3 Å². The van der Waals surface area contributed by atoms with E-state index in [1.807, 2.05) is 30.3 Å². The number of rotatable bonds is 6. The maximum Gasteiger partial charge on any atom is 0.293 e. The Morgan fingerprint density at radius 1 is 1.16 bits per heavy atom. The minimum Gasteiger partial charge on any atom is -0.345 e. The second kappa shape index (κ2) is 7.63. The molecular weight excluding hydrogens is 316 g/mol. The third-order valence-electron chi connectivity index (χ3n) is 4.19. The molecular formula is C20H20N2O3. The van der Waals surface area contributed by atoms with Crippen molar-refractivity contribution in [2.75, 3.05) is 6.54 Å². The highest BCUT2D eigenvalue weighted by atomic mass is 16.2. The molecule has 5 heteroatoms. The number of carbonyl (C=O) groups is 3. The molecule has 0 aliphatic carbocycles. The molecule has 128 valence electrons. The number of benzene rings is 1. The highest BCUT2D eigenvalue weighted by Gasteiger charge is 2.28. The fourth-order valence-corrected chi connectivity index (χ4v) is 2.90. The lowest BCUT2D eigenvalue weighted by molar-refractivity contribution is -0.116. The van der Waals surface area contributed by atoms with Crippen LogP contribution in [0.5, 0.6) is 0 Å². The van der Waals surface area contributed by atoms with Gasteiger partial charge in [0.05, 0.1) is 17.8 Å². The zero-order valence-corrected chi connectivity index (χ0v) is 14.6. The second-order valence-electron chi connectivity index (χ2n) is 5.79. The van der Waals surface area contributed by atoms with Crippen molar-refractivity contribution >= 4 is 17.5 Å². The minimum atomic E-state index is -0.767. The van der Waals surface area contributed by atoms with Gasteiger partial charge in [0.15, 0.2) is 5.78 Å². The van der Waals surface area contributed by atoms with E-state index in [0.29, 0.717) is 17.0 Å². The first-order valence-corrected chi connectivity index (χ1v) is 7.87. The van der Waals surface area contributed by atoms with E-state index in [0.717, 1.165) is 5.56 Å². The summed E-state index contributed by atoms with van der Waals surface area (Å²) in [6.07, 6.45) is 5.32. The van der Waals surface area contributed by atoms with Gasteiger partial charge in [-0.2, -0.15) is 0 Å². The SMILES string of the molecule is C#CCNC(=O)C(=O)c1c(C)c(C(=O)Cc2ccccc2)n(C)c1C. The number of amides is 1. The molecule has 1 heterocycles. The molecule has 1 N–H and O–H groups in total. The molecule has 5 nitrogen and oxygen atoms in total. The van der Waals surface area contributed by atoms with E-state index in [1.54, 1.807) is 25.5 Å². The van der Waals surface area contributed by atoms with Crippen LogP contribution in [0.25, 0.3) is 0 Å². The average Bonchev–Trinajstić information content (AvgIpc) is 2.82. The number of Topliss-reactive ketones (excluding diaryl/α,β-unsaturated/α-hetero) is 2. The predicted octanol–water partition coefficient (Wildman–Crippen LogP) is 2.00. The van der Waals surface area contributed by atoms with E-state index in [9.17, 15) is 14.4 Å². The number of hydrogen-bond acceptors (Lipinski definition) is 3. The van der Waals surface area contributed by atoms with Gasteiger partial charge >= 0.3 is 0 Å². The van der Waals surface area contributed by atoms with Crippen LogP contribution in [0.1, 0.15) is 37.7 Å². The van der Waals surface area contributed by atoms with E-state index in [4.69, 9.17) is 6.42 Å². The Morgan fingerprint density at radius 2 is 1.80 bits per heavy atom. The molecule has 0 spiro atoms. The summed E-state index contributed by atoms with van der Waals surface area (Å²) in [5.74, 6) is 0.705. The molecule has 2 rings (SSSR count). The van der Waals surface area contributed by atoms with Gasteiger partial charge in [0.2, 0.25) is 0 Å². The van der Waals surface area contributed by atoms with Crippen molar-refractivity contribution in [3.63, 3.8) is 0 Å². The van der Waals surface area contributed by atoms with Gasteiger partial charge in [0.25, 0.3) is 11.7 Å². The number of hydrogen-bond donors (Lipinski definition) is 1. The molecule has 1 aromatic carbocycles. The van der Waals surface area contributed by atoms with Gasteiger partial charge in [0, 0.05) is 19.2 Å². The van der Waals surface area contributed by atoms with E-state index >= 15 is 0 Å². The quantitative estimate of drug-likeness (QED) is 0.498. The molecule has 0 unspecified atom stereocenters. The second-order valence-corrected chi connectivity index (χ2v) is 5.79. The van der Waals surface area contributed by atoms with Crippen LogP contribution in [0.3, 0.4) is 0 Å². The number of terminal acetylenes is 1. The molecule has 2 aromatic rings. The summed E-state index contributed by atoms with van der Waals surface area (Å²) in [4.78, 5) is 37.1. The van der Waals surface area contributed by atoms with Crippen LogP contribution < -0.4 is 5.32 Å². The van der Waals surface area contributed by atoms with Crippen molar-refractivity contribution in [3.8, 4) is 12.3 Å². The molecule has 0 aliphatic rings. The topological polar surface area (TPSA) is 68.2 Å². The van der Waals surface area contributed by atoms with Crippen molar-refractivity contribution < 1.29 is 14.4 Å². The van der Waals surface area contributed by atoms with Crippen molar-refractivity contribution in [3.05, 3.63) is 58.4 Å². The normalized spacial score (nSPS) is 10.2. The van der Waals surface area contributed by atoms with E-state index < -0.39 is 11.7 Å². The standard InChI is InChI=1S/C20H20N2O3/c1-5-11-21-20(25)19(24)17-13(2)18(22(4)14(17)3)16(23)12-15-9-7-6-8-10-15/h1,6-10H,11-12H2,2-4H3,(H,21,25). The molecule has 1 amide bonds. The lowest BCUT2D eigenvalue weighted by Gasteiger charge is -2.05. The third-order valence-corrected chi connectivity index (χ3v) is 4.19. The van der Waals surface area contributed by atoms with Gasteiger partial charge < -0.3 is 9.88 Å². The fraction of sp³-hybridized carbons (Fsp3) is 0.250. The summed E-state index contributed by atoms with van der Waals surface area (Å²) in [6, 6.07) is 9.38. The summed E-state index contributed by atoms with van der Waals surface area (Å²) in [5, 5.41) is 2.36. The summed E-state index contributed by atoms with van der Waals surface area (Å²) < 4.78 is 1.67. The molecule has 0 saturated carbocycles. The van der Waals surface area contributed by atoms with Crippen LogP contribution in [0, 0.1) is 26.2 Å². The molecule has 25 heavy (non-hydrogen) atoms. The van der Waals surface area contributed by atoms with Gasteiger partial charge in [-0.1, -0.05) is 36.3 Å². The summed E-state index contributed by atoms with van der Waals surface area (Å²) >= 11 is 0. The van der Waals surface area contributed by atoms with E-state index in [1.165, 1.54) is 0 Å². The highest BCUT2D eigenvalue weighted by Crippen LogP contribution is 2.23. The Balaban J connectivity index is 2.36. The Labute approximate surface area is 147 Å². The Kier molecular flexibility index (Phi) is 5.56. The zero-order chi connectivity index (χ0) is 18.6. The van der Waals surface area contributed by atoms with Crippen molar-refractivity contribution in [1.82, 2.24) is 9.88 Å². The Morgan fingerprint density at radius 3 is 2.40 bits per heavy atom. The molecule has 0 saturated heterocycles. The predicted molar refractivity (Wildman–Crippen MR) is 95.5 cm³/mol. The molecule has 1 aromatic heterocycles. The first kappa shape index (κ1) is 18.2. The van der Waals surface area contributed by atoms with Gasteiger partial charge in [-0.3, -0.25) is 14.4 Å². The minimum absolute atomic E-state index is 0.0186. The van der Waals surface area contributed by atoms with Gasteiger partial charge in [-0.25, -0.2) is 0 Å². The van der Waals surface area contributed by atoms with Crippen LogP contribution in [-0.4, -0.2) is 28.6 Å². The molecule has 0 radical (unpaired) electrons. The number of nitrogens with one attached hydrogen (secondary N) is 1. The first-order chi connectivity index (χ1) is 11.9. The van der Waals surface area contributed by atoms with Gasteiger partial charge in [0.1, 0.15) is 0 Å². The van der Waals surface area contributed by atoms with Crippen LogP contribution in [0.2, 0.25) is 0 Å². The third kappa shape index (κ3) is 3.69. The average molecular weight is 336 g/mol. The maximum absolute atomic E-state index is 12.7. The summed E-state index contributed by atoms with van der Waals surface area (Å²) in [5.41, 5.74) is 2.69. The molecule has 0 fully saturated rings. The van der Waals surface area contributed by atoms with Crippen LogP contribution in [0.15, 0.2) is 30.3 Å². The smallest absolute Gasteiger partial charge is 0.293 e. The molecule has 0 atom stereocenters. The number of ketones is 2. The van der Waals surface area contributed by atoms with Crippen LogP contribution in [0.4, 0.5) is 0 Å². The summed E-state index contributed by atoms with van der Waals surface area (Å²) in [6.45, 7) is 3.39. The van der Waals surface area contributed by atoms with Gasteiger partial charge in [-0.15, -0.1) is 6.42 Å². The fourth-order valence-electron chi connectivity index (χ4n) is 2.90. The largest absolute Gasteiger partial charge is 0.345 e. The van der Waals surface area contributed by atoms with Crippen molar-refractivity contribution in [2.24, 2.45) is 7.05 Å². The molecule has 0 aliphatic heterocycles. The highest BCUT2D eigenvalue weighted by molar-refractivity contribution is 6.43. The Bertz CT molecular complexity index is 871. The monoisotopic (exact) mass is 336 g/mol. The summed E-state index contributed by atoms with van der Waals surface area (Å²) in [7, 11) is 1.72. The number of nitrogens with zero attached hydrogens (tertiary/aromatic N) is 1. The van der Waals surface area contributed by atoms with E-state index in [2.05, 4.69) is 11.2 Å². The van der Waals surface area contributed by atoms with Crippen LogP contribution >= 0.6 is 0 Å². The number of carbonyl (C=O) groups excluding carboxylic acids is 3.